The van der Waals surface area contributed by atoms with E-state index in [1.165, 1.54) is 11.8 Å². The summed E-state index contributed by atoms with van der Waals surface area (Å²) < 4.78 is 5.35. The number of carboxylic acids is 1. The molecule has 5 nitrogen and oxygen atoms in total. The Labute approximate surface area is 169 Å². The summed E-state index contributed by atoms with van der Waals surface area (Å²) in [7, 11) is 0. The summed E-state index contributed by atoms with van der Waals surface area (Å²) in [6.07, 6.45) is 0.134. The van der Waals surface area contributed by atoms with Crippen molar-refractivity contribution in [3.05, 3.63) is 29.8 Å². The minimum atomic E-state index is -0.795. The molecule has 24 heavy (non-hydrogen) atoms. The molecule has 1 aromatic carbocycles. The Kier molecular flexibility index (Phi) is 8.98. The van der Waals surface area contributed by atoms with Crippen LogP contribution in [0.4, 0.5) is 0 Å². The molecule has 1 saturated heterocycles. The maximum absolute atomic E-state index is 12.8. The van der Waals surface area contributed by atoms with Crippen molar-refractivity contribution < 1.29 is 19.4 Å². The summed E-state index contributed by atoms with van der Waals surface area (Å²) in [6, 6.07) is 7.42. The van der Waals surface area contributed by atoms with E-state index < -0.39 is 11.5 Å². The number of Topliss-reactive ketones (excluding diaryl/α,β-unsaturated/α-hetero) is 1. The van der Waals surface area contributed by atoms with Crippen LogP contribution in [0.2, 0.25) is 0 Å². The number of ketones is 1. The Morgan fingerprint density at radius 3 is 2.33 bits per heavy atom. The zero-order valence-electron chi connectivity index (χ0n) is 13.6. The Hall–Kier alpha value is -0.370. The van der Waals surface area contributed by atoms with Crippen LogP contribution in [0, 0.1) is 0 Å². The van der Waals surface area contributed by atoms with Crippen LogP contribution in [-0.4, -0.2) is 88.9 Å². The molecular weight excluding hydrogens is 337 g/mol. The average molecular weight is 361 g/mol. The van der Waals surface area contributed by atoms with Gasteiger partial charge in [-0.2, -0.15) is 0 Å². The molecule has 0 aromatic heterocycles. The number of carbonyl (C=O) groups excluding carboxylic acids is 1. The van der Waals surface area contributed by atoms with Gasteiger partial charge in [0.1, 0.15) is 0 Å². The van der Waals surface area contributed by atoms with Gasteiger partial charge < -0.3 is 9.84 Å². The van der Waals surface area contributed by atoms with E-state index in [1.54, 1.807) is 0 Å². The molecule has 1 aromatic rings. The van der Waals surface area contributed by atoms with Gasteiger partial charge in [-0.25, -0.2) is 0 Å². The van der Waals surface area contributed by atoms with Crippen molar-refractivity contribution >= 4 is 53.1 Å². The Morgan fingerprint density at radius 2 is 1.79 bits per heavy atom. The number of morpholine rings is 1. The van der Waals surface area contributed by atoms with E-state index in [1.807, 2.05) is 38.1 Å². The molecule has 0 aliphatic carbocycles. The maximum atomic E-state index is 12.8. The van der Waals surface area contributed by atoms with Crippen molar-refractivity contribution in [2.75, 3.05) is 32.1 Å². The normalized spacial score (nSPS) is 15.6. The van der Waals surface area contributed by atoms with E-state index >= 15 is 0 Å². The third-order valence-electron chi connectivity index (χ3n) is 4.06. The van der Waals surface area contributed by atoms with Gasteiger partial charge in [0.05, 0.1) is 25.2 Å². The standard InChI is InChI=1S/C17H23NO4S.Na.H/c1-17(2,18-8-10-22-11-9-18)16(21)13-3-5-14(6-4-13)23-12-7-15(19)20;;/h3-6H,7-12H2,1-2H3,(H,19,20);;. The van der Waals surface area contributed by atoms with Gasteiger partial charge in [-0.3, -0.25) is 14.5 Å². The molecule has 1 aliphatic rings. The van der Waals surface area contributed by atoms with Crippen LogP contribution >= 0.6 is 11.8 Å². The Morgan fingerprint density at radius 1 is 1.21 bits per heavy atom. The number of rotatable bonds is 7. The third-order valence-corrected chi connectivity index (χ3v) is 5.07. The SMILES string of the molecule is CC(C)(C(=O)c1ccc(SCCC(=O)O)cc1)N1CCOCC1.[NaH]. The zero-order chi connectivity index (χ0) is 16.9. The predicted octanol–water partition coefficient (Wildman–Crippen LogP) is 1.90. The molecule has 1 N–H and O–H groups in total. The molecular formula is C17H24NNaO4S. The quantitative estimate of drug-likeness (QED) is 0.455. The summed E-state index contributed by atoms with van der Waals surface area (Å²) in [5.74, 6) is -0.167. The number of carbonyl (C=O) groups is 2. The second-order valence-corrected chi connectivity index (χ2v) is 7.17. The van der Waals surface area contributed by atoms with Crippen LogP contribution in [0.15, 0.2) is 29.2 Å². The van der Waals surface area contributed by atoms with Crippen LogP contribution in [0.5, 0.6) is 0 Å². The molecule has 0 bridgehead atoms. The van der Waals surface area contributed by atoms with Crippen molar-refractivity contribution in [1.29, 1.82) is 0 Å². The average Bonchev–Trinajstić information content (AvgIpc) is 2.55. The third kappa shape index (κ3) is 5.86. The van der Waals surface area contributed by atoms with E-state index in [9.17, 15) is 9.59 Å². The fraction of sp³-hybridized carbons (Fsp3) is 0.529. The van der Waals surface area contributed by atoms with E-state index in [0.29, 0.717) is 24.5 Å². The first-order valence-corrected chi connectivity index (χ1v) is 8.72. The number of hydrogen-bond acceptors (Lipinski definition) is 5. The van der Waals surface area contributed by atoms with Crippen molar-refractivity contribution in [3.63, 3.8) is 0 Å². The molecule has 0 unspecified atom stereocenters. The van der Waals surface area contributed by atoms with Gasteiger partial charge in [0.25, 0.3) is 0 Å². The summed E-state index contributed by atoms with van der Waals surface area (Å²) in [4.78, 5) is 26.5. The van der Waals surface area contributed by atoms with Crippen LogP contribution < -0.4 is 0 Å². The number of aliphatic carboxylic acids is 1. The molecule has 1 heterocycles. The number of ether oxygens (including phenoxy) is 1. The Balaban J connectivity index is 0.00000288. The van der Waals surface area contributed by atoms with Crippen molar-refractivity contribution in [2.24, 2.45) is 0 Å². The van der Waals surface area contributed by atoms with Gasteiger partial charge in [-0.1, -0.05) is 12.1 Å². The molecule has 2 rings (SSSR count). The van der Waals surface area contributed by atoms with Crippen molar-refractivity contribution in [2.45, 2.75) is 30.7 Å². The molecule has 1 aliphatic heterocycles. The summed E-state index contributed by atoms with van der Waals surface area (Å²) >= 11 is 1.49. The van der Waals surface area contributed by atoms with Gasteiger partial charge in [-0.15, -0.1) is 11.8 Å². The van der Waals surface area contributed by atoms with Crippen molar-refractivity contribution in [1.82, 2.24) is 4.90 Å². The van der Waals surface area contributed by atoms with Gasteiger partial charge >= 0.3 is 35.5 Å². The molecule has 0 spiro atoms. The van der Waals surface area contributed by atoms with Gasteiger partial charge in [-0.05, 0) is 26.0 Å². The summed E-state index contributed by atoms with van der Waals surface area (Å²) in [6.45, 7) is 6.77. The van der Waals surface area contributed by atoms with E-state index in [0.717, 1.165) is 18.0 Å². The number of carboxylic acid groups (broad SMARTS) is 1. The van der Waals surface area contributed by atoms with E-state index in [4.69, 9.17) is 9.84 Å². The summed E-state index contributed by atoms with van der Waals surface area (Å²) in [5.41, 5.74) is 0.131. The molecule has 0 radical (unpaired) electrons. The first-order valence-electron chi connectivity index (χ1n) is 7.73. The first kappa shape index (κ1) is 21.7. The second-order valence-electron chi connectivity index (χ2n) is 6.00. The minimum absolute atomic E-state index is 0. The van der Waals surface area contributed by atoms with Crippen LogP contribution in [0.3, 0.4) is 0 Å². The van der Waals surface area contributed by atoms with Crippen LogP contribution in [0.1, 0.15) is 30.6 Å². The number of hydrogen-bond donors (Lipinski definition) is 1. The molecule has 7 heteroatoms. The molecule has 1 fully saturated rings. The van der Waals surface area contributed by atoms with Crippen LogP contribution in [0.25, 0.3) is 0 Å². The molecule has 0 saturated carbocycles. The predicted molar refractivity (Wildman–Crippen MR) is 97.4 cm³/mol. The first-order chi connectivity index (χ1) is 10.9. The fourth-order valence-corrected chi connectivity index (χ4v) is 3.42. The fourth-order valence-electron chi connectivity index (χ4n) is 2.58. The van der Waals surface area contributed by atoms with Crippen LogP contribution in [-0.2, 0) is 9.53 Å². The zero-order valence-corrected chi connectivity index (χ0v) is 14.4. The number of nitrogens with zero attached hydrogens (tertiary/aromatic N) is 1. The van der Waals surface area contributed by atoms with Gasteiger partial charge in [0.2, 0.25) is 0 Å². The Bertz CT molecular complexity index is 556. The van der Waals surface area contributed by atoms with Gasteiger partial charge in [0, 0.05) is 29.3 Å². The van der Waals surface area contributed by atoms with Crippen molar-refractivity contribution in [3.8, 4) is 0 Å². The summed E-state index contributed by atoms with van der Waals surface area (Å²) in [5, 5.41) is 8.65. The van der Waals surface area contributed by atoms with Gasteiger partial charge in [0.15, 0.2) is 5.78 Å². The van der Waals surface area contributed by atoms with E-state index in [2.05, 4.69) is 4.90 Å². The monoisotopic (exact) mass is 361 g/mol. The molecule has 0 atom stereocenters. The molecule has 128 valence electrons. The number of thioether (sulfide) groups is 1. The van der Waals surface area contributed by atoms with E-state index in [-0.39, 0.29) is 41.8 Å². The second kappa shape index (κ2) is 9.94. The number of benzene rings is 1. The topological polar surface area (TPSA) is 66.8 Å². The molecule has 0 amide bonds.